The molecule has 4 heterocycles. The maximum Gasteiger partial charge on any atom is 0.256 e. The molecule has 7 nitrogen and oxygen atoms in total. The maximum atomic E-state index is 13.1. The van der Waals surface area contributed by atoms with Crippen LogP contribution in [0.2, 0.25) is 0 Å². The fourth-order valence-electron chi connectivity index (χ4n) is 3.71. The van der Waals surface area contributed by atoms with E-state index in [2.05, 4.69) is 10.1 Å². The number of ether oxygens (including phenoxy) is 2. The van der Waals surface area contributed by atoms with E-state index in [1.165, 1.54) is 0 Å². The van der Waals surface area contributed by atoms with Crippen LogP contribution in [0.1, 0.15) is 40.2 Å². The molecule has 0 aromatic carbocycles. The van der Waals surface area contributed by atoms with E-state index < -0.39 is 0 Å². The number of carbonyl (C=O) groups excluding carboxylic acids is 1. The van der Waals surface area contributed by atoms with Gasteiger partial charge >= 0.3 is 0 Å². The largest absolute Gasteiger partial charge is 0.361 e. The fourth-order valence-corrected chi connectivity index (χ4v) is 4.85. The Labute approximate surface area is 168 Å². The quantitative estimate of drug-likeness (QED) is 0.710. The molecule has 0 radical (unpaired) electrons. The first kappa shape index (κ1) is 19.4. The molecule has 2 aliphatic rings. The molecule has 2 saturated heterocycles. The second kappa shape index (κ2) is 8.63. The Morgan fingerprint density at radius 3 is 2.68 bits per heavy atom. The van der Waals surface area contributed by atoms with Crippen LogP contribution in [0.5, 0.6) is 0 Å². The van der Waals surface area contributed by atoms with E-state index in [0.717, 1.165) is 48.0 Å². The van der Waals surface area contributed by atoms with E-state index in [1.807, 2.05) is 30.9 Å². The zero-order valence-corrected chi connectivity index (χ0v) is 17.0. The number of hydrogen-bond donors (Lipinski definition) is 0. The van der Waals surface area contributed by atoms with Gasteiger partial charge in [-0.25, -0.2) is 4.98 Å². The Morgan fingerprint density at radius 2 is 2.00 bits per heavy atom. The Bertz CT molecular complexity index is 807. The van der Waals surface area contributed by atoms with Crippen molar-refractivity contribution in [1.82, 2.24) is 15.0 Å². The molecule has 0 bridgehead atoms. The first-order valence-corrected chi connectivity index (χ1v) is 10.6. The summed E-state index contributed by atoms with van der Waals surface area (Å²) in [6, 6.07) is 3.68. The van der Waals surface area contributed by atoms with E-state index in [9.17, 15) is 4.79 Å². The van der Waals surface area contributed by atoms with Crippen molar-refractivity contribution in [3.05, 3.63) is 40.9 Å². The molecule has 0 aliphatic carbocycles. The zero-order chi connectivity index (χ0) is 19.5. The van der Waals surface area contributed by atoms with Gasteiger partial charge in [-0.3, -0.25) is 4.79 Å². The molecule has 28 heavy (non-hydrogen) atoms. The second-order valence-electron chi connectivity index (χ2n) is 7.19. The van der Waals surface area contributed by atoms with Crippen molar-refractivity contribution in [3.63, 3.8) is 0 Å². The number of likely N-dealkylation sites (tertiary alicyclic amines) is 1. The third-order valence-corrected chi connectivity index (χ3v) is 6.43. The molecule has 4 rings (SSSR count). The van der Waals surface area contributed by atoms with Gasteiger partial charge in [0.25, 0.3) is 5.91 Å². The van der Waals surface area contributed by atoms with Crippen LogP contribution in [0.3, 0.4) is 0 Å². The number of amides is 1. The van der Waals surface area contributed by atoms with E-state index >= 15 is 0 Å². The van der Waals surface area contributed by atoms with E-state index in [1.54, 1.807) is 18.0 Å². The smallest absolute Gasteiger partial charge is 0.256 e. The van der Waals surface area contributed by atoms with Gasteiger partial charge in [0.05, 0.1) is 24.5 Å². The molecule has 0 atom stereocenters. The van der Waals surface area contributed by atoms with Gasteiger partial charge in [-0.2, -0.15) is 0 Å². The number of rotatable bonds is 5. The molecule has 2 fully saturated rings. The highest BCUT2D eigenvalue weighted by Crippen LogP contribution is 2.30. The van der Waals surface area contributed by atoms with Crippen molar-refractivity contribution in [3.8, 4) is 0 Å². The zero-order valence-electron chi connectivity index (χ0n) is 16.2. The summed E-state index contributed by atoms with van der Waals surface area (Å²) in [5.74, 6) is 1.90. The predicted molar refractivity (Wildman–Crippen MR) is 104 cm³/mol. The number of pyridine rings is 1. The van der Waals surface area contributed by atoms with Crippen LogP contribution in [0.25, 0.3) is 0 Å². The van der Waals surface area contributed by atoms with Gasteiger partial charge in [0.1, 0.15) is 10.8 Å². The van der Waals surface area contributed by atoms with Crippen molar-refractivity contribution in [2.45, 2.75) is 43.8 Å². The maximum absolute atomic E-state index is 13.1. The summed E-state index contributed by atoms with van der Waals surface area (Å²) in [7, 11) is 0. The minimum atomic E-state index is -0.100. The lowest BCUT2D eigenvalue weighted by molar-refractivity contribution is -0.0956. The molecule has 0 spiro atoms. The van der Waals surface area contributed by atoms with Gasteiger partial charge in [-0.1, -0.05) is 5.16 Å². The lowest BCUT2D eigenvalue weighted by Crippen LogP contribution is -2.41. The lowest BCUT2D eigenvalue weighted by atomic mass is 9.96. The Balaban J connectivity index is 1.41. The summed E-state index contributed by atoms with van der Waals surface area (Å²) in [5, 5.41) is 4.74. The van der Waals surface area contributed by atoms with E-state index in [-0.39, 0.29) is 12.2 Å². The van der Waals surface area contributed by atoms with Crippen LogP contribution in [0, 0.1) is 19.8 Å². The molecule has 2 aliphatic heterocycles. The number of nitrogens with zero attached hydrogens (tertiary/aromatic N) is 3. The topological polar surface area (TPSA) is 77.7 Å². The first-order valence-electron chi connectivity index (χ1n) is 9.65. The summed E-state index contributed by atoms with van der Waals surface area (Å²) in [4.78, 5) is 19.5. The highest BCUT2D eigenvalue weighted by molar-refractivity contribution is 7.98. The van der Waals surface area contributed by atoms with Crippen molar-refractivity contribution < 1.29 is 18.8 Å². The van der Waals surface area contributed by atoms with Crippen molar-refractivity contribution in [1.29, 1.82) is 0 Å². The van der Waals surface area contributed by atoms with Crippen LogP contribution in [-0.2, 0) is 15.2 Å². The Morgan fingerprint density at radius 1 is 1.25 bits per heavy atom. The average Bonchev–Trinajstić information content (AvgIpc) is 3.37. The number of aromatic nitrogens is 2. The van der Waals surface area contributed by atoms with Crippen LogP contribution in [0.15, 0.2) is 27.9 Å². The van der Waals surface area contributed by atoms with Crippen molar-refractivity contribution >= 4 is 17.7 Å². The SMILES string of the molecule is Cc1noc(C)c1CSc1ncccc1C(=O)N1CCC(C2OCCO2)CC1. The minimum Gasteiger partial charge on any atom is -0.361 e. The average molecular weight is 404 g/mol. The van der Waals surface area contributed by atoms with Crippen LogP contribution in [0.4, 0.5) is 0 Å². The monoisotopic (exact) mass is 403 g/mol. The summed E-state index contributed by atoms with van der Waals surface area (Å²) in [6.07, 6.45) is 3.43. The van der Waals surface area contributed by atoms with Crippen molar-refractivity contribution in [2.75, 3.05) is 26.3 Å². The third kappa shape index (κ3) is 4.09. The van der Waals surface area contributed by atoms with Gasteiger partial charge in [-0.15, -0.1) is 11.8 Å². The van der Waals surface area contributed by atoms with Gasteiger partial charge in [0, 0.05) is 36.5 Å². The summed E-state index contributed by atoms with van der Waals surface area (Å²) in [5.41, 5.74) is 2.60. The number of aryl methyl sites for hydroxylation is 2. The summed E-state index contributed by atoms with van der Waals surface area (Å²) in [6.45, 7) is 6.61. The number of piperidine rings is 1. The molecule has 1 amide bonds. The highest BCUT2D eigenvalue weighted by atomic mass is 32.2. The van der Waals surface area contributed by atoms with Crippen LogP contribution >= 0.6 is 11.8 Å². The molecule has 2 aromatic heterocycles. The number of hydrogen-bond acceptors (Lipinski definition) is 7. The van der Waals surface area contributed by atoms with Crippen molar-refractivity contribution in [2.24, 2.45) is 5.92 Å². The molecule has 0 saturated carbocycles. The van der Waals surface area contributed by atoms with Gasteiger partial charge < -0.3 is 18.9 Å². The summed E-state index contributed by atoms with van der Waals surface area (Å²) < 4.78 is 16.5. The molecule has 0 N–H and O–H groups in total. The van der Waals surface area contributed by atoms with Gasteiger partial charge in [-0.05, 0) is 38.8 Å². The third-order valence-electron chi connectivity index (χ3n) is 5.40. The normalized spacial score (nSPS) is 18.7. The standard InChI is InChI=1S/C20H25N3O4S/c1-13-17(14(2)27-22-13)12-28-18-16(4-3-7-21-18)19(24)23-8-5-15(6-9-23)20-25-10-11-26-20/h3-4,7,15,20H,5-6,8-12H2,1-2H3. The lowest BCUT2D eigenvalue weighted by Gasteiger charge is -2.34. The molecule has 2 aromatic rings. The minimum absolute atomic E-state index is 0.0427. The molecule has 150 valence electrons. The van der Waals surface area contributed by atoms with E-state index in [0.29, 0.717) is 30.4 Å². The van der Waals surface area contributed by atoms with Crippen LogP contribution in [-0.4, -0.2) is 53.5 Å². The highest BCUT2D eigenvalue weighted by Gasteiger charge is 2.32. The van der Waals surface area contributed by atoms with Gasteiger partial charge in [0.2, 0.25) is 0 Å². The molecular formula is C20H25N3O4S. The predicted octanol–water partition coefficient (Wildman–Crippen LogP) is 3.20. The molecular weight excluding hydrogens is 378 g/mol. The second-order valence-corrected chi connectivity index (χ2v) is 8.15. The first-order chi connectivity index (χ1) is 13.6. The van der Waals surface area contributed by atoms with E-state index in [4.69, 9.17) is 14.0 Å². The summed E-state index contributed by atoms with van der Waals surface area (Å²) >= 11 is 1.55. The Hall–Kier alpha value is -1.90. The van der Waals surface area contributed by atoms with Crippen LogP contribution < -0.4 is 0 Å². The Kier molecular flexibility index (Phi) is 5.99. The van der Waals surface area contributed by atoms with Gasteiger partial charge in [0.15, 0.2) is 6.29 Å². The molecule has 0 unspecified atom stereocenters. The number of thioether (sulfide) groups is 1. The fraction of sp³-hybridized carbons (Fsp3) is 0.550. The number of carbonyl (C=O) groups is 1. The molecule has 8 heteroatoms.